The third-order valence-corrected chi connectivity index (χ3v) is 21.3. The quantitative estimate of drug-likeness (QED) is 0.0196. The summed E-state index contributed by atoms with van der Waals surface area (Å²) in [5.74, 6) is -22.2. The van der Waals surface area contributed by atoms with E-state index in [-0.39, 0.29) is 54.9 Å². The molecule has 7 aliphatic rings. The van der Waals surface area contributed by atoms with Gasteiger partial charge < -0.3 is 103 Å². The van der Waals surface area contributed by atoms with Crippen molar-refractivity contribution in [3.8, 4) is 40.2 Å². The molecule has 7 atom stereocenters. The van der Waals surface area contributed by atoms with Gasteiger partial charge in [0.25, 0.3) is 0 Å². The van der Waals surface area contributed by atoms with E-state index in [0.717, 1.165) is 88.6 Å². The fourth-order valence-corrected chi connectivity index (χ4v) is 14.4. The number of rotatable bonds is 35. The van der Waals surface area contributed by atoms with Gasteiger partial charge in [0.1, 0.15) is 40.2 Å². The Morgan fingerprint density at radius 1 is 0.243 bits per heavy atom. The highest BCUT2D eigenvalue weighted by molar-refractivity contribution is 5.38. The highest BCUT2D eigenvalue weighted by Crippen LogP contribution is 2.49. The van der Waals surface area contributed by atoms with Crippen molar-refractivity contribution in [3.63, 3.8) is 0 Å². The van der Waals surface area contributed by atoms with Crippen molar-refractivity contribution in [1.29, 1.82) is 0 Å². The predicted octanol–water partition coefficient (Wildman–Crippen LogP) is 21.2. The number of likely N-dealkylation sites (N-methyl/N-ethyl adjacent to an activating group) is 7. The lowest BCUT2D eigenvalue weighted by Crippen LogP contribution is -2.42. The summed E-state index contributed by atoms with van der Waals surface area (Å²) in [6, 6.07) is -23.3. The Balaban J connectivity index is 0.000000327. The average Bonchev–Trinajstić information content (AvgIpc) is 0.642. The lowest BCUT2D eigenvalue weighted by atomic mass is 9.72. The standard InChI is InChI=1S/7C17H27NO2/c7*1-18(2)13-16(17(19)11-5-4-6-12-17)14-7-9-15(20-3)10-8-14/h7*7-10,16,19H,4-6,11-13H2,1-3H3/i1D3,2D3,4D2,5D2,6D2,7D,8D,9D,10D,11D2,12D2;4D2,5D2,6D2,7D,8D,9D,10D,11D2,12D2,13D2;1D3,4D2,5D2,6D2,7D,8D,9D,10D,11D2,12D2;4D2,5D2,6D2,7D,8D,9D,10D,11D2,12D2;1D3,2D3,7D,8D,9D,10D,13D2,16D;1D3,7D,8D,9D,10D,13D2,16D;7D,8D,9D,10D,13D2,16D. The van der Waals surface area contributed by atoms with Crippen molar-refractivity contribution >= 4 is 0 Å². The molecule has 0 heterocycles. The van der Waals surface area contributed by atoms with Crippen LogP contribution in [0.3, 0.4) is 0 Å². The number of nitrogens with zero attached hydrogens (tertiary/aromatic N) is 7. The molecule has 140 heavy (non-hydrogen) atoms. The van der Waals surface area contributed by atoms with E-state index in [1.807, 2.05) is 0 Å². The molecule has 0 aliphatic heterocycles. The van der Waals surface area contributed by atoms with Crippen molar-refractivity contribution in [3.05, 3.63) is 208 Å². The Morgan fingerprint density at radius 3 is 0.650 bits per heavy atom. The molecule has 21 nitrogen and oxygen atoms in total. The van der Waals surface area contributed by atoms with Gasteiger partial charge in [-0.2, -0.15) is 0 Å². The second-order valence-corrected chi connectivity index (χ2v) is 32.5. The van der Waals surface area contributed by atoms with Crippen molar-refractivity contribution in [2.75, 3.05) is 194 Å². The third kappa shape index (κ3) is 36.7. The molecule has 7 fully saturated rings. The van der Waals surface area contributed by atoms with Crippen LogP contribution in [0.4, 0.5) is 0 Å². The van der Waals surface area contributed by atoms with Gasteiger partial charge in [-0.05, 0) is 311 Å². The van der Waals surface area contributed by atoms with Crippen LogP contribution in [0.15, 0.2) is 169 Å². The van der Waals surface area contributed by atoms with Crippen LogP contribution in [0.1, 0.15) is 437 Å². The SMILES string of the molecule is [2H]c1c([2H])c(C(C([2H])([2H])N(C)C)C2(O)C([2H])([2H])C([2H])([2H])C([2H])([2H])C([2H])([2H])C2([2H])[2H])c([2H])c([2H])c1OC.[2H]c1c([2H])c(C(CN(C([2H])([2H])[2H])C([2H])([2H])[2H])C2(O)C([2H])([2H])C([2H])([2H])C([2H])([2H])C([2H])([2H])C2([2H])[2H])c([2H])c([2H])c1OC.[2H]c1c([2H])c(C(CN(C)C([2H])([2H])[2H])C2(O)C([2H])([2H])C([2H])([2H])C([2H])([2H])C([2H])([2H])C2([2H])[2H])c([2H])c([2H])c1OC.[2H]c1c([2H])c(C(CN(C)C)C2(O)C([2H])([2H])C([2H])([2H])C([2H])([2H])C([2H])([2H])C2([2H])[2H])c([2H])c([2H])c1OC.[2H]c1c([2H])c(C([2H])(C2(O)CCCCC2)C([2H])([2H])N(C([2H])([2H])[2H])C([2H])([2H])[2H])c([2H])c([2H])c1OC.[2H]c1c([2H])c(C([2H])(C2(O)CCCCC2)C([2H])([2H])N(C)C([2H])([2H])[2H])c([2H])c([2H])c1OC.[2H]c1c([2H])c(C([2H])(C2(O)CCCCC2)C([2H])([2H])N(C)C)c([2H])c([2H])c1OC. The first kappa shape index (κ1) is 41.0. The van der Waals surface area contributed by atoms with E-state index < -0.39 is 537 Å². The van der Waals surface area contributed by atoms with Gasteiger partial charge in [0.05, 0.1) is 127 Å². The van der Waals surface area contributed by atoms with E-state index in [2.05, 4.69) is 0 Å². The van der Waals surface area contributed by atoms with Crippen molar-refractivity contribution in [2.45, 2.75) is 304 Å². The molecule has 7 saturated carbocycles. The topological polar surface area (TPSA) is 229 Å². The Labute approximate surface area is 983 Å². The maximum Gasteiger partial charge on any atom is 0.118 e. The van der Waals surface area contributed by atoms with Gasteiger partial charge >= 0.3 is 0 Å². The Morgan fingerprint density at radius 2 is 0.436 bits per heavy atom. The maximum atomic E-state index is 12.0. The van der Waals surface area contributed by atoms with Gasteiger partial charge in [-0.15, -0.1) is 0 Å². The van der Waals surface area contributed by atoms with Crippen LogP contribution in [0.2, 0.25) is 0 Å². The normalized spacial score (nSPS) is 38.8. The minimum Gasteiger partial charge on any atom is -0.497 e. The minimum absolute atomic E-state index is 0.0452. The molecule has 14 rings (SSSR count). The molecule has 7 aromatic carbocycles. The first-order valence-electron chi connectivity index (χ1n) is 91.8. The summed E-state index contributed by atoms with van der Waals surface area (Å²) in [5.41, 5.74) is -28.4. The zero-order valence-corrected chi connectivity index (χ0v) is 80.2. The molecule has 0 spiro atoms. The van der Waals surface area contributed by atoms with Crippen LogP contribution in [0.5, 0.6) is 40.2 Å². The summed E-state index contributed by atoms with van der Waals surface area (Å²) in [5, 5.41) is 82.0. The molecule has 7 aromatic rings. The van der Waals surface area contributed by atoms with Crippen LogP contribution in [0.25, 0.3) is 0 Å². The molecule has 7 aliphatic carbocycles. The minimum atomic E-state index is -4.27. The largest absolute Gasteiger partial charge is 0.497 e. The average molecular weight is 2040 g/mol. The zero-order valence-electron chi connectivity index (χ0n) is 177. The fraction of sp³-hybridized carbons (Fsp3) is 0.647. The van der Waals surface area contributed by atoms with Crippen molar-refractivity contribution in [1.82, 2.24) is 34.3 Å². The monoisotopic (exact) mass is 2040 g/mol. The Hall–Kier alpha value is -7.42. The number of hydrogen-bond donors (Lipinski definition) is 7. The van der Waals surface area contributed by atoms with Crippen LogP contribution in [-0.2, 0) is 0 Å². The molecule has 0 saturated heterocycles. The molecule has 0 amide bonds. The van der Waals surface area contributed by atoms with E-state index >= 15 is 0 Å². The number of methoxy groups -OCH3 is 7. The first-order valence-corrected chi connectivity index (χ1v) is 43.3. The van der Waals surface area contributed by atoms with Gasteiger partial charge in [0.15, 0.2) is 0 Å². The summed E-state index contributed by atoms with van der Waals surface area (Å²) in [7, 11) is 17.3. The smallest absolute Gasteiger partial charge is 0.118 e. The molecule has 7 N–H and O–H groups in total. The van der Waals surface area contributed by atoms with Crippen molar-refractivity contribution in [2.24, 2.45) is 0 Å². The molecule has 784 valence electrons. The van der Waals surface area contributed by atoms with Gasteiger partial charge in [0, 0.05) is 182 Å². The summed E-state index contributed by atoms with van der Waals surface area (Å²) >= 11 is 0. The van der Waals surface area contributed by atoms with E-state index in [0.29, 0.717) is 59.6 Å². The highest BCUT2D eigenvalue weighted by Gasteiger charge is 2.46. The lowest BCUT2D eigenvalue weighted by Gasteiger charge is -2.40. The maximum absolute atomic E-state index is 12.0. The van der Waals surface area contributed by atoms with E-state index in [9.17, 15) is 39.9 Å². The zero-order chi connectivity index (χ0) is 187. The summed E-state index contributed by atoms with van der Waals surface area (Å²) in [6.45, 7) is -36.2. The molecular weight excluding hydrogens is 1750 g/mol. The highest BCUT2D eigenvalue weighted by atomic mass is 16.5. The van der Waals surface area contributed by atoms with Gasteiger partial charge in [-0.25, -0.2) is 0 Å². The molecule has 0 bridgehead atoms. The Kier molecular flexibility index (Phi) is 17.2. The van der Waals surface area contributed by atoms with Crippen LogP contribution in [0, 0.1) is 0 Å². The second kappa shape index (κ2) is 58.7. The number of hydrogen-bond acceptors (Lipinski definition) is 21. The van der Waals surface area contributed by atoms with Gasteiger partial charge in [0.2, 0.25) is 0 Å². The molecular formula is C119H189N7O14. The fourth-order valence-electron chi connectivity index (χ4n) is 14.4. The Bertz CT molecular complexity index is 9310. The molecule has 21 heteroatoms. The van der Waals surface area contributed by atoms with Crippen LogP contribution < -0.4 is 33.2 Å². The van der Waals surface area contributed by atoms with E-state index in [4.69, 9.17) is 162 Å². The van der Waals surface area contributed by atoms with Crippen LogP contribution in [-0.4, -0.2) is 303 Å². The van der Waals surface area contributed by atoms with Gasteiger partial charge in [-0.3, -0.25) is 0 Å². The molecule has 7 unspecified atom stereocenters. The van der Waals surface area contributed by atoms with Gasteiger partial charge in [-0.1, -0.05) is 219 Å². The summed E-state index contributed by atoms with van der Waals surface area (Å²) < 4.78 is 831. The number of ether oxygens (including phenoxy) is 7. The predicted molar refractivity (Wildman–Crippen MR) is 576 cm³/mol. The molecule has 0 radical (unpaired) electrons. The summed E-state index contributed by atoms with van der Waals surface area (Å²) in [4.78, 5) is 3.11. The first-order chi connectivity index (χ1) is 105. The number of aliphatic hydroxyl groups is 7. The van der Waals surface area contributed by atoms with E-state index in [1.165, 1.54) is 40.2 Å². The molecule has 0 aromatic heterocycles. The second-order valence-electron chi connectivity index (χ2n) is 32.5. The van der Waals surface area contributed by atoms with Crippen molar-refractivity contribution < 1.29 is 202 Å². The summed E-state index contributed by atoms with van der Waals surface area (Å²) in [6.07, 6.45) is -75.0. The lowest BCUT2D eigenvalue weighted by molar-refractivity contribution is -0.0280. The third-order valence-electron chi connectivity index (χ3n) is 21.3. The van der Waals surface area contributed by atoms with Crippen LogP contribution >= 0.6 is 0 Å². The number of benzene rings is 7. The van der Waals surface area contributed by atoms with E-state index in [1.54, 1.807) is 0 Å².